The molecule has 0 saturated carbocycles. The van der Waals surface area contributed by atoms with Gasteiger partial charge in [0.1, 0.15) is 5.82 Å². The van der Waals surface area contributed by atoms with Crippen molar-refractivity contribution in [2.45, 2.75) is 20.3 Å². The maximum atomic E-state index is 13.9. The van der Waals surface area contributed by atoms with Gasteiger partial charge in [0, 0.05) is 35.9 Å². The summed E-state index contributed by atoms with van der Waals surface area (Å²) >= 11 is 1.62. The highest BCUT2D eigenvalue weighted by Gasteiger charge is 2.25. The number of nitrogens with zero attached hydrogens (tertiary/aromatic N) is 2. The van der Waals surface area contributed by atoms with Gasteiger partial charge >= 0.3 is 0 Å². The van der Waals surface area contributed by atoms with E-state index in [0.717, 1.165) is 15.3 Å². The Morgan fingerprint density at radius 3 is 2.12 bits per heavy atom. The van der Waals surface area contributed by atoms with Crippen molar-refractivity contribution in [1.29, 1.82) is 0 Å². The highest BCUT2D eigenvalue weighted by Crippen LogP contribution is 2.23. The zero-order valence-electron chi connectivity index (χ0n) is 14.4. The molecule has 0 spiro atoms. The molecule has 6 heteroatoms. The van der Waals surface area contributed by atoms with E-state index < -0.39 is 5.82 Å². The average Bonchev–Trinajstić information content (AvgIpc) is 2.79. The number of carbonyl (C=O) groups is 2. The van der Waals surface area contributed by atoms with Crippen molar-refractivity contribution in [1.82, 2.24) is 9.80 Å². The Hall–Kier alpha value is -2.21. The predicted molar refractivity (Wildman–Crippen MR) is 96.6 cm³/mol. The Balaban J connectivity index is 1.70. The molecule has 2 amide bonds. The minimum absolute atomic E-state index is 0.0158. The van der Waals surface area contributed by atoms with Crippen LogP contribution in [0.25, 0.3) is 0 Å². The smallest absolute Gasteiger partial charge is 0.256 e. The molecule has 1 aliphatic rings. The molecule has 132 valence electrons. The molecule has 3 rings (SSSR count). The van der Waals surface area contributed by atoms with Crippen LogP contribution in [0.5, 0.6) is 0 Å². The molecule has 4 nitrogen and oxygen atoms in total. The molecule has 0 atom stereocenters. The molecule has 0 N–H and O–H groups in total. The van der Waals surface area contributed by atoms with Crippen molar-refractivity contribution >= 4 is 23.2 Å². The second-order valence-corrected chi connectivity index (χ2v) is 7.71. The topological polar surface area (TPSA) is 40.6 Å². The van der Waals surface area contributed by atoms with Crippen molar-refractivity contribution in [2.24, 2.45) is 0 Å². The molecule has 1 aromatic carbocycles. The van der Waals surface area contributed by atoms with Gasteiger partial charge in [0.2, 0.25) is 0 Å². The van der Waals surface area contributed by atoms with Crippen LogP contribution >= 0.6 is 11.3 Å². The molecule has 2 aromatic rings. The van der Waals surface area contributed by atoms with Crippen molar-refractivity contribution in [3.63, 3.8) is 0 Å². The average molecular weight is 360 g/mol. The summed E-state index contributed by atoms with van der Waals surface area (Å²) < 4.78 is 13.9. The standard InChI is InChI=1S/C19H21FN2O2S/c1-13-12-16(14(2)25-13)19(24)22-9-5-8-21(10-11-22)18(23)15-6-3-4-7-17(15)20/h3-4,6-7,12H,5,8-11H2,1-2H3. The van der Waals surface area contributed by atoms with Crippen LogP contribution in [0.3, 0.4) is 0 Å². The molecule has 25 heavy (non-hydrogen) atoms. The second kappa shape index (κ2) is 7.35. The molecular formula is C19H21FN2O2S. The number of carbonyl (C=O) groups excluding carboxylic acids is 2. The SMILES string of the molecule is Cc1cc(C(=O)N2CCCN(C(=O)c3ccccc3F)CC2)c(C)s1. The van der Waals surface area contributed by atoms with Crippen LogP contribution in [0.4, 0.5) is 4.39 Å². The fourth-order valence-corrected chi connectivity index (χ4v) is 4.06. The number of aryl methyl sites for hydroxylation is 2. The van der Waals surface area contributed by atoms with Crippen LogP contribution in [-0.4, -0.2) is 47.8 Å². The Morgan fingerprint density at radius 2 is 1.56 bits per heavy atom. The molecule has 1 fully saturated rings. The summed E-state index contributed by atoms with van der Waals surface area (Å²) in [7, 11) is 0. The van der Waals surface area contributed by atoms with Gasteiger partial charge in [-0.3, -0.25) is 9.59 Å². The van der Waals surface area contributed by atoms with Gasteiger partial charge in [0.05, 0.1) is 11.1 Å². The van der Waals surface area contributed by atoms with Gasteiger partial charge < -0.3 is 9.80 Å². The van der Waals surface area contributed by atoms with E-state index in [9.17, 15) is 14.0 Å². The number of benzene rings is 1. The number of hydrogen-bond donors (Lipinski definition) is 0. The van der Waals surface area contributed by atoms with Crippen LogP contribution in [-0.2, 0) is 0 Å². The van der Waals surface area contributed by atoms with E-state index in [4.69, 9.17) is 0 Å². The third-order valence-corrected chi connectivity index (χ3v) is 5.41. The Bertz CT molecular complexity index is 802. The lowest BCUT2D eigenvalue weighted by atomic mass is 10.2. The van der Waals surface area contributed by atoms with Crippen LogP contribution < -0.4 is 0 Å². The molecule has 1 aliphatic heterocycles. The molecule has 1 aromatic heterocycles. The van der Waals surface area contributed by atoms with Crippen LogP contribution in [0, 0.1) is 19.7 Å². The fourth-order valence-electron chi connectivity index (χ4n) is 3.14. The number of halogens is 1. The summed E-state index contributed by atoms with van der Waals surface area (Å²) in [6, 6.07) is 7.95. The van der Waals surface area contributed by atoms with Crippen LogP contribution in [0.2, 0.25) is 0 Å². The Kier molecular flexibility index (Phi) is 5.18. The highest BCUT2D eigenvalue weighted by molar-refractivity contribution is 7.12. The first-order valence-electron chi connectivity index (χ1n) is 8.37. The zero-order chi connectivity index (χ0) is 18.0. The monoisotopic (exact) mass is 360 g/mol. The van der Waals surface area contributed by atoms with Crippen molar-refractivity contribution in [2.75, 3.05) is 26.2 Å². The maximum Gasteiger partial charge on any atom is 0.256 e. The summed E-state index contributed by atoms with van der Waals surface area (Å²) in [5, 5.41) is 0. The van der Waals surface area contributed by atoms with Crippen molar-refractivity contribution in [3.05, 3.63) is 57.0 Å². The van der Waals surface area contributed by atoms with Crippen LogP contribution in [0.15, 0.2) is 30.3 Å². The van der Waals surface area contributed by atoms with E-state index >= 15 is 0 Å². The van der Waals surface area contributed by atoms with Gasteiger partial charge in [-0.1, -0.05) is 12.1 Å². The minimum atomic E-state index is -0.506. The second-order valence-electron chi connectivity index (χ2n) is 6.24. The van der Waals surface area contributed by atoms with E-state index in [-0.39, 0.29) is 17.4 Å². The molecule has 0 unspecified atom stereocenters. The predicted octanol–water partition coefficient (Wildman–Crippen LogP) is 3.49. The van der Waals surface area contributed by atoms with Crippen molar-refractivity contribution < 1.29 is 14.0 Å². The molecule has 2 heterocycles. The maximum absolute atomic E-state index is 13.9. The molecule has 1 saturated heterocycles. The highest BCUT2D eigenvalue weighted by atomic mass is 32.1. The van der Waals surface area contributed by atoms with Gasteiger partial charge in [0.25, 0.3) is 11.8 Å². The first-order chi connectivity index (χ1) is 12.0. The van der Waals surface area contributed by atoms with Crippen LogP contribution in [0.1, 0.15) is 36.9 Å². The van der Waals surface area contributed by atoms with Gasteiger partial charge in [-0.25, -0.2) is 4.39 Å². The first-order valence-corrected chi connectivity index (χ1v) is 9.19. The molecular weight excluding hydrogens is 339 g/mol. The Morgan fingerprint density at radius 1 is 0.960 bits per heavy atom. The summed E-state index contributed by atoms with van der Waals surface area (Å²) in [5.74, 6) is -0.800. The Labute approximate surface area is 150 Å². The first kappa shape index (κ1) is 17.6. The third kappa shape index (κ3) is 3.74. The van der Waals surface area contributed by atoms with Gasteiger partial charge in [-0.2, -0.15) is 0 Å². The van der Waals surface area contributed by atoms with Gasteiger partial charge in [-0.15, -0.1) is 11.3 Å². The van der Waals surface area contributed by atoms with Gasteiger partial charge in [-0.05, 0) is 38.5 Å². The number of thiophene rings is 1. The van der Waals surface area contributed by atoms with E-state index in [1.54, 1.807) is 33.3 Å². The summed E-state index contributed by atoms with van der Waals surface area (Å²) in [6.07, 6.45) is 0.689. The van der Waals surface area contributed by atoms with E-state index in [2.05, 4.69) is 0 Å². The quantitative estimate of drug-likeness (QED) is 0.822. The number of hydrogen-bond acceptors (Lipinski definition) is 3. The lowest BCUT2D eigenvalue weighted by molar-refractivity contribution is 0.0716. The zero-order valence-corrected chi connectivity index (χ0v) is 15.2. The minimum Gasteiger partial charge on any atom is -0.337 e. The van der Waals surface area contributed by atoms with E-state index in [1.807, 2.05) is 19.9 Å². The third-order valence-electron chi connectivity index (χ3n) is 4.45. The molecule has 0 bridgehead atoms. The van der Waals surface area contributed by atoms with Gasteiger partial charge in [0.15, 0.2) is 0 Å². The molecule has 0 radical (unpaired) electrons. The number of rotatable bonds is 2. The van der Waals surface area contributed by atoms with Crippen molar-refractivity contribution in [3.8, 4) is 0 Å². The summed E-state index contributed by atoms with van der Waals surface area (Å²) in [5.41, 5.74) is 0.836. The number of amides is 2. The summed E-state index contributed by atoms with van der Waals surface area (Å²) in [4.78, 5) is 30.9. The lowest BCUT2D eigenvalue weighted by Crippen LogP contribution is -2.37. The lowest BCUT2D eigenvalue weighted by Gasteiger charge is -2.22. The summed E-state index contributed by atoms with van der Waals surface area (Å²) in [6.45, 7) is 5.96. The molecule has 0 aliphatic carbocycles. The largest absolute Gasteiger partial charge is 0.337 e. The normalized spacial score (nSPS) is 15.2. The van der Waals surface area contributed by atoms with E-state index in [1.165, 1.54) is 12.1 Å². The fraction of sp³-hybridized carbons (Fsp3) is 0.368. The van der Waals surface area contributed by atoms with E-state index in [0.29, 0.717) is 32.6 Å².